The van der Waals surface area contributed by atoms with Gasteiger partial charge in [0.25, 0.3) is 0 Å². The Morgan fingerprint density at radius 3 is 2.00 bits per heavy atom. The van der Waals surface area contributed by atoms with Crippen LogP contribution in [-0.4, -0.2) is 29.3 Å². The number of hydrogen-bond acceptors (Lipinski definition) is 2. The van der Waals surface area contributed by atoms with Crippen LogP contribution in [0, 0.1) is 0 Å². The number of nitrogens with zero attached hydrogens (tertiary/aromatic N) is 1. The minimum atomic E-state index is -0.757. The Morgan fingerprint density at radius 2 is 1.44 bits per heavy atom. The second-order valence-corrected chi connectivity index (χ2v) is 9.46. The Morgan fingerprint density at radius 1 is 0.853 bits per heavy atom. The third-order valence-electron chi connectivity index (χ3n) is 5.33. The number of amides is 2. The van der Waals surface area contributed by atoms with E-state index in [1.807, 2.05) is 37.3 Å². The van der Waals surface area contributed by atoms with Crippen molar-refractivity contribution < 1.29 is 9.59 Å². The maximum atomic E-state index is 13.7. The largest absolute Gasteiger partial charge is 0.355 e. The molecule has 0 aliphatic rings. The van der Waals surface area contributed by atoms with E-state index in [9.17, 15) is 9.59 Å². The molecule has 0 saturated carbocycles. The maximum Gasteiger partial charge on any atom is 0.243 e. The van der Waals surface area contributed by atoms with E-state index in [0.29, 0.717) is 44.2 Å². The average Bonchev–Trinajstić information content (AvgIpc) is 2.80. The van der Waals surface area contributed by atoms with E-state index in [1.165, 1.54) is 0 Å². The summed E-state index contributed by atoms with van der Waals surface area (Å²) in [6.07, 6.45) is 0.351. The van der Waals surface area contributed by atoms with Crippen LogP contribution in [0.3, 0.4) is 0 Å². The van der Waals surface area contributed by atoms with Gasteiger partial charge in [-0.2, -0.15) is 0 Å². The van der Waals surface area contributed by atoms with Gasteiger partial charge in [0.15, 0.2) is 0 Å². The zero-order chi connectivity index (χ0) is 24.7. The first-order valence-electron chi connectivity index (χ1n) is 10.8. The first kappa shape index (κ1) is 26.4. The van der Waals surface area contributed by atoms with Gasteiger partial charge in [-0.05, 0) is 47.9 Å². The molecule has 1 N–H and O–H groups in total. The highest BCUT2D eigenvalue weighted by molar-refractivity contribution is 6.35. The summed E-state index contributed by atoms with van der Waals surface area (Å²) in [4.78, 5) is 28.4. The first-order chi connectivity index (χ1) is 16.3. The van der Waals surface area contributed by atoms with Crippen LogP contribution < -0.4 is 5.32 Å². The minimum Gasteiger partial charge on any atom is -0.355 e. The van der Waals surface area contributed by atoms with Gasteiger partial charge in [-0.15, -0.1) is 0 Å². The highest BCUT2D eigenvalue weighted by Crippen LogP contribution is 2.26. The highest BCUT2D eigenvalue weighted by atomic mass is 35.5. The van der Waals surface area contributed by atoms with Crippen molar-refractivity contribution in [2.75, 3.05) is 6.54 Å². The van der Waals surface area contributed by atoms with Gasteiger partial charge in [0.05, 0.1) is 6.42 Å². The van der Waals surface area contributed by atoms with E-state index >= 15 is 0 Å². The molecule has 0 spiro atoms. The summed E-state index contributed by atoms with van der Waals surface area (Å²) in [5.74, 6) is -0.505. The van der Waals surface area contributed by atoms with Crippen molar-refractivity contribution in [1.29, 1.82) is 0 Å². The van der Waals surface area contributed by atoms with Crippen LogP contribution in [0.4, 0.5) is 0 Å². The van der Waals surface area contributed by atoms with Crippen molar-refractivity contribution >= 4 is 58.2 Å². The maximum absolute atomic E-state index is 13.7. The van der Waals surface area contributed by atoms with Gasteiger partial charge in [0.2, 0.25) is 11.8 Å². The van der Waals surface area contributed by atoms with E-state index in [-0.39, 0.29) is 24.8 Å². The molecule has 8 heteroatoms. The number of carbonyl (C=O) groups is 2. The highest BCUT2D eigenvalue weighted by Gasteiger charge is 2.31. The third-order valence-corrected chi connectivity index (χ3v) is 6.51. The van der Waals surface area contributed by atoms with E-state index < -0.39 is 6.04 Å². The SMILES string of the molecule is CCNC(=O)C(Cc1ccccc1)N(Cc1ccc(Cl)cc1Cl)C(=O)Cc1ccc(Cl)cc1Cl. The topological polar surface area (TPSA) is 49.4 Å². The Bertz CT molecular complexity index is 1150. The van der Waals surface area contributed by atoms with Gasteiger partial charge in [-0.3, -0.25) is 9.59 Å². The van der Waals surface area contributed by atoms with Gasteiger partial charge >= 0.3 is 0 Å². The van der Waals surface area contributed by atoms with Crippen molar-refractivity contribution in [3.8, 4) is 0 Å². The molecule has 0 aliphatic carbocycles. The van der Waals surface area contributed by atoms with Crippen LogP contribution >= 0.6 is 46.4 Å². The Hall–Kier alpha value is -2.24. The Balaban J connectivity index is 2.00. The third kappa shape index (κ3) is 7.13. The van der Waals surface area contributed by atoms with Crippen LogP contribution in [-0.2, 0) is 29.0 Å². The Kier molecular flexibility index (Phi) is 9.66. The summed E-state index contributed by atoms with van der Waals surface area (Å²) in [6, 6.07) is 18.9. The molecule has 3 rings (SSSR count). The molecule has 34 heavy (non-hydrogen) atoms. The lowest BCUT2D eigenvalue weighted by atomic mass is 10.0. The molecule has 0 aromatic heterocycles. The van der Waals surface area contributed by atoms with Gasteiger partial charge in [-0.25, -0.2) is 0 Å². The molecule has 0 heterocycles. The fourth-order valence-corrected chi connectivity index (χ4v) is 4.55. The second kappa shape index (κ2) is 12.5. The second-order valence-electron chi connectivity index (χ2n) is 7.77. The minimum absolute atomic E-state index is 0.00586. The van der Waals surface area contributed by atoms with Crippen LogP contribution in [0.15, 0.2) is 66.7 Å². The lowest BCUT2D eigenvalue weighted by Crippen LogP contribution is -2.51. The average molecular weight is 538 g/mol. The number of likely N-dealkylation sites (N-methyl/N-ethyl adjacent to an activating group) is 1. The summed E-state index contributed by atoms with van der Waals surface area (Å²) < 4.78 is 0. The van der Waals surface area contributed by atoms with Gasteiger partial charge in [0.1, 0.15) is 6.04 Å². The molecular formula is C26H24Cl4N2O2. The molecule has 2 amide bonds. The predicted octanol–water partition coefficient (Wildman–Crippen LogP) is 6.62. The number of halogens is 4. The number of rotatable bonds is 9. The summed E-state index contributed by atoms with van der Waals surface area (Å²) in [5, 5.41) is 4.65. The van der Waals surface area contributed by atoms with E-state index in [1.54, 1.807) is 41.3 Å². The summed E-state index contributed by atoms with van der Waals surface area (Å²) >= 11 is 24.8. The van der Waals surface area contributed by atoms with Crippen molar-refractivity contribution in [3.05, 3.63) is 104 Å². The van der Waals surface area contributed by atoms with Crippen molar-refractivity contribution in [3.63, 3.8) is 0 Å². The normalized spacial score (nSPS) is 11.7. The molecule has 0 radical (unpaired) electrons. The molecule has 3 aromatic carbocycles. The van der Waals surface area contributed by atoms with Crippen molar-refractivity contribution in [2.45, 2.75) is 32.4 Å². The molecule has 4 nitrogen and oxygen atoms in total. The van der Waals surface area contributed by atoms with Crippen LogP contribution in [0.1, 0.15) is 23.6 Å². The lowest BCUT2D eigenvalue weighted by molar-refractivity contribution is -0.140. The van der Waals surface area contributed by atoms with Crippen LogP contribution in [0.5, 0.6) is 0 Å². The molecule has 0 aliphatic heterocycles. The molecule has 1 unspecified atom stereocenters. The number of carbonyl (C=O) groups excluding carboxylic acids is 2. The Labute approximate surface area is 219 Å². The summed E-state index contributed by atoms with van der Waals surface area (Å²) in [7, 11) is 0. The molecule has 3 aromatic rings. The molecule has 0 bridgehead atoms. The fourth-order valence-electron chi connectivity index (χ4n) is 3.61. The number of nitrogens with one attached hydrogen (secondary N) is 1. The molecular weight excluding hydrogens is 514 g/mol. The molecule has 178 valence electrons. The van der Waals surface area contributed by atoms with E-state index in [0.717, 1.165) is 5.56 Å². The van der Waals surface area contributed by atoms with Crippen LogP contribution in [0.2, 0.25) is 20.1 Å². The zero-order valence-corrected chi connectivity index (χ0v) is 21.6. The standard InChI is InChI=1S/C26H24Cl4N2O2/c1-2-31-26(34)24(12-17-6-4-3-5-7-17)32(16-19-9-11-21(28)15-23(19)30)25(33)13-18-8-10-20(27)14-22(18)29/h3-11,14-15,24H,2,12-13,16H2,1H3,(H,31,34). The van der Waals surface area contributed by atoms with E-state index in [2.05, 4.69) is 5.32 Å². The predicted molar refractivity (Wildman–Crippen MR) is 140 cm³/mol. The smallest absolute Gasteiger partial charge is 0.243 e. The fraction of sp³-hybridized carbons (Fsp3) is 0.231. The quantitative estimate of drug-likeness (QED) is 0.333. The summed E-state index contributed by atoms with van der Waals surface area (Å²) in [5.41, 5.74) is 2.24. The molecule has 0 saturated heterocycles. The van der Waals surface area contributed by atoms with Crippen LogP contribution in [0.25, 0.3) is 0 Å². The number of benzene rings is 3. The number of hydrogen-bond donors (Lipinski definition) is 1. The lowest BCUT2D eigenvalue weighted by Gasteiger charge is -2.32. The van der Waals surface area contributed by atoms with Gasteiger partial charge < -0.3 is 10.2 Å². The molecule has 0 fully saturated rings. The van der Waals surface area contributed by atoms with Crippen molar-refractivity contribution in [2.24, 2.45) is 0 Å². The first-order valence-corrected chi connectivity index (χ1v) is 12.3. The zero-order valence-electron chi connectivity index (χ0n) is 18.5. The van der Waals surface area contributed by atoms with Gasteiger partial charge in [-0.1, -0.05) is 88.9 Å². The van der Waals surface area contributed by atoms with Crippen molar-refractivity contribution in [1.82, 2.24) is 10.2 Å². The van der Waals surface area contributed by atoms with Gasteiger partial charge in [0, 0.05) is 39.6 Å². The molecule has 1 atom stereocenters. The summed E-state index contributed by atoms with van der Waals surface area (Å²) in [6.45, 7) is 2.42. The monoisotopic (exact) mass is 536 g/mol. The van der Waals surface area contributed by atoms with E-state index in [4.69, 9.17) is 46.4 Å².